The van der Waals surface area contributed by atoms with Gasteiger partial charge in [0.2, 0.25) is 0 Å². The molecule has 86 valence electrons. The molecule has 0 amide bonds. The quantitative estimate of drug-likeness (QED) is 0.764. The summed E-state index contributed by atoms with van der Waals surface area (Å²) in [6.07, 6.45) is 3.88. The molecule has 1 N–H and O–H groups in total. The second kappa shape index (κ2) is 9.44. The molecule has 0 bridgehead atoms. The smallest absolute Gasteiger partial charge is 0.157 e. The Bertz CT molecular complexity index is 101. The van der Waals surface area contributed by atoms with Gasteiger partial charge in [-0.1, -0.05) is 27.2 Å². The largest absolute Gasteiger partial charge is 0.396 e. The van der Waals surface area contributed by atoms with Crippen LogP contribution in [0.3, 0.4) is 0 Å². The lowest BCUT2D eigenvalue weighted by atomic mass is 10.2. The zero-order chi connectivity index (χ0) is 10.8. The lowest BCUT2D eigenvalue weighted by Crippen LogP contribution is -2.32. The van der Waals surface area contributed by atoms with E-state index in [0.29, 0.717) is 0 Å². The van der Waals surface area contributed by atoms with Gasteiger partial charge in [-0.2, -0.15) is 0 Å². The van der Waals surface area contributed by atoms with Crippen LogP contribution in [0.1, 0.15) is 46.5 Å². The highest BCUT2D eigenvalue weighted by Crippen LogP contribution is 2.17. The fraction of sp³-hybridized carbons (Fsp3) is 1.00. The molecular weight excluding hydrogens is 180 g/mol. The Labute approximate surface area is 87.4 Å². The minimum atomic E-state index is -0.0275. The summed E-state index contributed by atoms with van der Waals surface area (Å²) in [5, 5.41) is 8.71. The zero-order valence-corrected chi connectivity index (χ0v) is 9.66. The number of aliphatic hydroxyl groups is 1. The summed E-state index contributed by atoms with van der Waals surface area (Å²) >= 11 is 0. The molecule has 0 aromatic carbocycles. The standard InChI is InChI=1S/C9H18O3.C2H6/c1-2-3-9-11-7-5-8(12-9)4-6-10;1-2/h8-10H,2-7H2,1H3;1-2H3. The minimum Gasteiger partial charge on any atom is -0.396 e. The van der Waals surface area contributed by atoms with Crippen molar-refractivity contribution in [1.82, 2.24) is 0 Å². The molecule has 2 unspecified atom stereocenters. The molecule has 3 heteroatoms. The van der Waals surface area contributed by atoms with Gasteiger partial charge in [0.1, 0.15) is 0 Å². The molecule has 1 fully saturated rings. The van der Waals surface area contributed by atoms with E-state index in [1.165, 1.54) is 0 Å². The van der Waals surface area contributed by atoms with Crippen molar-refractivity contribution in [3.63, 3.8) is 0 Å². The molecule has 0 radical (unpaired) electrons. The van der Waals surface area contributed by atoms with Crippen molar-refractivity contribution in [2.75, 3.05) is 13.2 Å². The molecule has 1 rings (SSSR count). The van der Waals surface area contributed by atoms with E-state index in [9.17, 15) is 0 Å². The first kappa shape index (κ1) is 13.9. The van der Waals surface area contributed by atoms with Gasteiger partial charge < -0.3 is 14.6 Å². The Morgan fingerprint density at radius 1 is 1.29 bits per heavy atom. The van der Waals surface area contributed by atoms with Crippen LogP contribution < -0.4 is 0 Å². The fourth-order valence-corrected chi connectivity index (χ4v) is 1.40. The summed E-state index contributed by atoms with van der Waals surface area (Å²) in [7, 11) is 0. The molecule has 2 atom stereocenters. The van der Waals surface area contributed by atoms with Gasteiger partial charge in [0, 0.05) is 6.61 Å². The average Bonchev–Trinajstić information content (AvgIpc) is 2.22. The van der Waals surface area contributed by atoms with Crippen molar-refractivity contribution in [2.45, 2.75) is 58.8 Å². The number of aliphatic hydroxyl groups excluding tert-OH is 1. The molecule has 1 saturated heterocycles. The van der Waals surface area contributed by atoms with E-state index in [1.807, 2.05) is 13.8 Å². The highest BCUT2D eigenvalue weighted by Gasteiger charge is 2.21. The maximum Gasteiger partial charge on any atom is 0.157 e. The van der Waals surface area contributed by atoms with E-state index < -0.39 is 0 Å². The molecule has 0 aromatic heterocycles. The highest BCUT2D eigenvalue weighted by molar-refractivity contribution is 4.63. The van der Waals surface area contributed by atoms with E-state index in [1.54, 1.807) is 0 Å². The van der Waals surface area contributed by atoms with Crippen molar-refractivity contribution in [3.8, 4) is 0 Å². The third-order valence-electron chi connectivity index (χ3n) is 2.06. The highest BCUT2D eigenvalue weighted by atomic mass is 16.7. The van der Waals surface area contributed by atoms with Crippen LogP contribution in [-0.2, 0) is 9.47 Å². The summed E-state index contributed by atoms with van der Waals surface area (Å²) in [5.74, 6) is 0. The molecule has 14 heavy (non-hydrogen) atoms. The fourth-order valence-electron chi connectivity index (χ4n) is 1.40. The first-order valence-corrected chi connectivity index (χ1v) is 5.74. The van der Waals surface area contributed by atoms with E-state index in [2.05, 4.69) is 6.92 Å². The molecule has 0 saturated carbocycles. The minimum absolute atomic E-state index is 0.0275. The summed E-state index contributed by atoms with van der Waals surface area (Å²) in [5.41, 5.74) is 0. The van der Waals surface area contributed by atoms with Crippen LogP contribution in [0.4, 0.5) is 0 Å². The molecule has 3 nitrogen and oxygen atoms in total. The maximum atomic E-state index is 8.71. The number of ether oxygens (including phenoxy) is 2. The van der Waals surface area contributed by atoms with Crippen molar-refractivity contribution >= 4 is 0 Å². The lowest BCUT2D eigenvalue weighted by Gasteiger charge is -2.29. The Morgan fingerprint density at radius 3 is 2.57 bits per heavy atom. The van der Waals surface area contributed by atoms with E-state index >= 15 is 0 Å². The molecular formula is C11H24O3. The van der Waals surface area contributed by atoms with Gasteiger partial charge in [0.25, 0.3) is 0 Å². The number of hydrogen-bond acceptors (Lipinski definition) is 3. The van der Waals surface area contributed by atoms with Gasteiger partial charge in [-0.15, -0.1) is 0 Å². The monoisotopic (exact) mass is 204 g/mol. The molecule has 1 heterocycles. The SMILES string of the molecule is CC.CCCC1OCCC(CCO)O1. The summed E-state index contributed by atoms with van der Waals surface area (Å²) in [6.45, 7) is 7.10. The van der Waals surface area contributed by atoms with Crippen LogP contribution in [0.25, 0.3) is 0 Å². The van der Waals surface area contributed by atoms with Gasteiger partial charge in [0.05, 0.1) is 12.7 Å². The predicted molar refractivity (Wildman–Crippen MR) is 57.2 cm³/mol. The van der Waals surface area contributed by atoms with Gasteiger partial charge in [-0.3, -0.25) is 0 Å². The summed E-state index contributed by atoms with van der Waals surface area (Å²) in [6, 6.07) is 0. The zero-order valence-electron chi connectivity index (χ0n) is 9.66. The average molecular weight is 204 g/mol. The summed E-state index contributed by atoms with van der Waals surface area (Å²) in [4.78, 5) is 0. The van der Waals surface area contributed by atoms with Crippen LogP contribution in [-0.4, -0.2) is 30.7 Å². The Hall–Kier alpha value is -0.120. The normalized spacial score (nSPS) is 26.6. The molecule has 1 aliphatic rings. The molecule has 0 spiro atoms. The van der Waals surface area contributed by atoms with Crippen molar-refractivity contribution in [3.05, 3.63) is 0 Å². The van der Waals surface area contributed by atoms with Crippen LogP contribution >= 0.6 is 0 Å². The predicted octanol–water partition coefficient (Wildman–Crippen LogP) is 2.33. The Kier molecular flexibility index (Phi) is 9.35. The molecule has 1 aliphatic heterocycles. The van der Waals surface area contributed by atoms with Crippen LogP contribution in [0, 0.1) is 0 Å². The van der Waals surface area contributed by atoms with E-state index in [-0.39, 0.29) is 19.0 Å². The lowest BCUT2D eigenvalue weighted by molar-refractivity contribution is -0.217. The third-order valence-corrected chi connectivity index (χ3v) is 2.06. The van der Waals surface area contributed by atoms with Crippen molar-refractivity contribution < 1.29 is 14.6 Å². The van der Waals surface area contributed by atoms with Crippen molar-refractivity contribution in [1.29, 1.82) is 0 Å². The van der Waals surface area contributed by atoms with Crippen LogP contribution in [0.15, 0.2) is 0 Å². The first-order chi connectivity index (χ1) is 6.86. The Morgan fingerprint density at radius 2 is 2.00 bits per heavy atom. The second-order valence-corrected chi connectivity index (χ2v) is 3.15. The maximum absolute atomic E-state index is 8.71. The van der Waals surface area contributed by atoms with E-state index in [4.69, 9.17) is 14.6 Å². The van der Waals surface area contributed by atoms with Crippen LogP contribution in [0.2, 0.25) is 0 Å². The number of rotatable bonds is 4. The van der Waals surface area contributed by atoms with Gasteiger partial charge in [-0.25, -0.2) is 0 Å². The topological polar surface area (TPSA) is 38.7 Å². The van der Waals surface area contributed by atoms with Crippen molar-refractivity contribution in [2.24, 2.45) is 0 Å². The molecule has 0 aromatic rings. The number of hydrogen-bond donors (Lipinski definition) is 1. The second-order valence-electron chi connectivity index (χ2n) is 3.15. The van der Waals surface area contributed by atoms with E-state index in [0.717, 1.165) is 32.3 Å². The van der Waals surface area contributed by atoms with Crippen LogP contribution in [0.5, 0.6) is 0 Å². The van der Waals surface area contributed by atoms with Gasteiger partial charge in [-0.05, 0) is 19.3 Å². The summed E-state index contributed by atoms with van der Waals surface area (Å²) < 4.78 is 11.0. The third kappa shape index (κ3) is 5.58. The Balaban J connectivity index is 0.000000791. The van der Waals surface area contributed by atoms with Gasteiger partial charge >= 0.3 is 0 Å². The molecule has 0 aliphatic carbocycles. The first-order valence-electron chi connectivity index (χ1n) is 5.74. The van der Waals surface area contributed by atoms with Gasteiger partial charge in [0.15, 0.2) is 6.29 Å².